The fourth-order valence-corrected chi connectivity index (χ4v) is 3.48. The minimum Gasteiger partial charge on any atom is -0.335 e. The number of nitrogens with zero attached hydrogens (tertiary/aromatic N) is 4. The number of carbonyl (C=O) groups excluding carboxylic acids is 1. The van der Waals surface area contributed by atoms with Crippen molar-refractivity contribution in [3.8, 4) is 22.8 Å². The molecule has 2 heterocycles. The van der Waals surface area contributed by atoms with Crippen molar-refractivity contribution >= 4 is 29.1 Å². The molecule has 2 aromatic carbocycles. The quantitative estimate of drug-likeness (QED) is 0.285. The molecule has 0 fully saturated rings. The molecule has 0 aliphatic carbocycles. The molecule has 0 atom stereocenters. The molecule has 7 nitrogen and oxygen atoms in total. The maximum absolute atomic E-state index is 12.2. The molecule has 0 aliphatic heterocycles. The first kappa shape index (κ1) is 18.3. The Bertz CT molecular complexity index is 1110. The van der Waals surface area contributed by atoms with Gasteiger partial charge in [0, 0.05) is 16.1 Å². The van der Waals surface area contributed by atoms with Crippen molar-refractivity contribution in [2.24, 2.45) is 0 Å². The normalized spacial score (nSPS) is 10.9. The van der Waals surface area contributed by atoms with Gasteiger partial charge in [-0.25, -0.2) is 4.68 Å². The summed E-state index contributed by atoms with van der Waals surface area (Å²) in [7, 11) is 0. The van der Waals surface area contributed by atoms with Crippen LogP contribution in [0.15, 0.2) is 65.8 Å². The van der Waals surface area contributed by atoms with E-state index in [0.717, 1.165) is 11.3 Å². The van der Waals surface area contributed by atoms with Gasteiger partial charge in [-0.05, 0) is 18.2 Å². The Morgan fingerprint density at radius 3 is 2.61 bits per heavy atom. The molecule has 2 aromatic heterocycles. The van der Waals surface area contributed by atoms with Gasteiger partial charge in [0.05, 0.1) is 11.4 Å². The lowest BCUT2D eigenvalue weighted by Gasteiger charge is -2.02. The molecule has 9 heteroatoms. The highest BCUT2D eigenvalue weighted by Crippen LogP contribution is 2.25. The molecule has 28 heavy (non-hydrogen) atoms. The van der Waals surface area contributed by atoms with Crippen LogP contribution in [-0.2, 0) is 0 Å². The average molecular weight is 411 g/mol. The lowest BCUT2D eigenvalue weighted by atomic mass is 10.1. The van der Waals surface area contributed by atoms with Crippen LogP contribution in [-0.4, -0.2) is 36.6 Å². The Morgan fingerprint density at radius 2 is 1.86 bits per heavy atom. The van der Waals surface area contributed by atoms with E-state index in [9.17, 15) is 4.79 Å². The molecule has 0 unspecified atom stereocenters. The van der Waals surface area contributed by atoms with Crippen LogP contribution in [0.5, 0.6) is 0 Å². The van der Waals surface area contributed by atoms with Gasteiger partial charge in [0.25, 0.3) is 0 Å². The van der Waals surface area contributed by atoms with Gasteiger partial charge in [0.2, 0.25) is 11.0 Å². The molecule has 0 spiro atoms. The first-order valence-corrected chi connectivity index (χ1v) is 9.71. The zero-order valence-corrected chi connectivity index (χ0v) is 16.1. The van der Waals surface area contributed by atoms with Gasteiger partial charge in [0.1, 0.15) is 5.69 Å². The van der Waals surface area contributed by atoms with Gasteiger partial charge < -0.3 is 5.84 Å². The standard InChI is InChI=1S/C19H15ClN6OS/c20-14-8-6-12(7-9-14)15-10-16(23-22-15)18-24-25-19(26(18)21)28-11-17(27)13-4-2-1-3-5-13/h1-10H,11,21H2,(H,22,23). The zero-order valence-electron chi connectivity index (χ0n) is 14.5. The van der Waals surface area contributed by atoms with E-state index in [4.69, 9.17) is 17.4 Å². The number of Topliss-reactive ketones (excluding diaryl/α,β-unsaturated/α-hetero) is 1. The van der Waals surface area contributed by atoms with Gasteiger partial charge in [-0.15, -0.1) is 10.2 Å². The number of nitrogens with one attached hydrogen (secondary N) is 1. The molecule has 4 rings (SSSR count). The monoisotopic (exact) mass is 410 g/mol. The van der Waals surface area contributed by atoms with E-state index in [-0.39, 0.29) is 11.5 Å². The molecule has 0 amide bonds. The number of carbonyl (C=O) groups is 1. The molecule has 0 bridgehead atoms. The van der Waals surface area contributed by atoms with Crippen LogP contribution in [0.25, 0.3) is 22.8 Å². The highest BCUT2D eigenvalue weighted by molar-refractivity contribution is 7.99. The lowest BCUT2D eigenvalue weighted by Crippen LogP contribution is -2.12. The van der Waals surface area contributed by atoms with Gasteiger partial charge in [0.15, 0.2) is 5.78 Å². The summed E-state index contributed by atoms with van der Waals surface area (Å²) in [6.07, 6.45) is 0. The van der Waals surface area contributed by atoms with Gasteiger partial charge in [-0.3, -0.25) is 9.89 Å². The third-order valence-corrected chi connectivity index (χ3v) is 5.25. The van der Waals surface area contributed by atoms with Crippen molar-refractivity contribution in [1.82, 2.24) is 25.1 Å². The van der Waals surface area contributed by atoms with Gasteiger partial charge in [-0.1, -0.05) is 65.8 Å². The van der Waals surface area contributed by atoms with Crippen LogP contribution < -0.4 is 5.84 Å². The van der Waals surface area contributed by atoms with Crippen molar-refractivity contribution in [3.05, 3.63) is 71.2 Å². The number of hydrogen-bond donors (Lipinski definition) is 2. The number of halogens is 1. The molecule has 0 saturated heterocycles. The first-order chi connectivity index (χ1) is 13.6. The summed E-state index contributed by atoms with van der Waals surface area (Å²) in [6, 6.07) is 18.3. The van der Waals surface area contributed by atoms with Crippen molar-refractivity contribution in [2.45, 2.75) is 5.16 Å². The molecule has 4 aromatic rings. The number of H-pyrrole nitrogens is 1. The van der Waals surface area contributed by atoms with Crippen molar-refractivity contribution in [2.75, 3.05) is 11.6 Å². The van der Waals surface area contributed by atoms with Crippen LogP contribution in [0.4, 0.5) is 0 Å². The maximum Gasteiger partial charge on any atom is 0.210 e. The van der Waals surface area contributed by atoms with E-state index >= 15 is 0 Å². The average Bonchev–Trinajstić information content (AvgIpc) is 3.34. The lowest BCUT2D eigenvalue weighted by molar-refractivity contribution is 0.102. The zero-order chi connectivity index (χ0) is 19.5. The number of aromatic amines is 1. The molecule has 140 valence electrons. The van der Waals surface area contributed by atoms with Crippen LogP contribution in [0.3, 0.4) is 0 Å². The van der Waals surface area contributed by atoms with Crippen LogP contribution in [0.1, 0.15) is 10.4 Å². The molecule has 3 N–H and O–H groups in total. The number of nitrogens with two attached hydrogens (primary N) is 1. The topological polar surface area (TPSA) is 102 Å². The highest BCUT2D eigenvalue weighted by atomic mass is 35.5. The maximum atomic E-state index is 12.2. The van der Waals surface area contributed by atoms with Crippen molar-refractivity contribution in [1.29, 1.82) is 0 Å². The van der Waals surface area contributed by atoms with E-state index in [0.29, 0.717) is 27.3 Å². The van der Waals surface area contributed by atoms with Gasteiger partial charge >= 0.3 is 0 Å². The molecular formula is C19H15ClN6OS. The van der Waals surface area contributed by atoms with E-state index in [2.05, 4.69) is 20.4 Å². The molecule has 0 radical (unpaired) electrons. The second-order valence-corrected chi connectivity index (χ2v) is 7.31. The Balaban J connectivity index is 1.49. The Kier molecular flexibility index (Phi) is 5.14. The second kappa shape index (κ2) is 7.87. The predicted molar refractivity (Wildman–Crippen MR) is 110 cm³/mol. The largest absolute Gasteiger partial charge is 0.335 e. The molecule has 0 aliphatic rings. The third kappa shape index (κ3) is 3.78. The summed E-state index contributed by atoms with van der Waals surface area (Å²) in [6.45, 7) is 0. The summed E-state index contributed by atoms with van der Waals surface area (Å²) in [5, 5.41) is 16.5. The summed E-state index contributed by atoms with van der Waals surface area (Å²) in [5.74, 6) is 6.78. The Morgan fingerprint density at radius 1 is 1.11 bits per heavy atom. The SMILES string of the molecule is Nn1c(SCC(=O)c2ccccc2)nnc1-c1cc(-c2ccc(Cl)cc2)n[nH]1. The number of hydrogen-bond acceptors (Lipinski definition) is 6. The number of nitrogen functional groups attached to an aromatic ring is 1. The number of rotatable bonds is 6. The molecular weight excluding hydrogens is 396 g/mol. The van der Waals surface area contributed by atoms with Crippen LogP contribution >= 0.6 is 23.4 Å². The Labute approximate surface area is 169 Å². The first-order valence-electron chi connectivity index (χ1n) is 8.35. The fourth-order valence-electron chi connectivity index (χ4n) is 2.60. The van der Waals surface area contributed by atoms with E-state index in [1.807, 2.05) is 36.4 Å². The summed E-state index contributed by atoms with van der Waals surface area (Å²) >= 11 is 7.16. The third-order valence-electron chi connectivity index (χ3n) is 4.05. The van der Waals surface area contributed by atoms with Crippen molar-refractivity contribution < 1.29 is 4.79 Å². The van der Waals surface area contributed by atoms with Crippen molar-refractivity contribution in [3.63, 3.8) is 0 Å². The number of thioether (sulfide) groups is 1. The van der Waals surface area contributed by atoms with E-state index in [1.54, 1.807) is 24.3 Å². The minimum absolute atomic E-state index is 0.00159. The number of aromatic nitrogens is 5. The number of ketones is 1. The summed E-state index contributed by atoms with van der Waals surface area (Å²) in [4.78, 5) is 12.2. The summed E-state index contributed by atoms with van der Waals surface area (Å²) in [5.41, 5.74) is 2.93. The van der Waals surface area contributed by atoms with E-state index in [1.165, 1.54) is 16.4 Å². The Hall–Kier alpha value is -3.10. The van der Waals surface area contributed by atoms with Gasteiger partial charge in [-0.2, -0.15) is 5.10 Å². The minimum atomic E-state index is 0.00159. The molecule has 0 saturated carbocycles. The van der Waals surface area contributed by atoms with E-state index < -0.39 is 0 Å². The number of benzene rings is 2. The fraction of sp³-hybridized carbons (Fsp3) is 0.0526. The summed E-state index contributed by atoms with van der Waals surface area (Å²) < 4.78 is 1.35. The van der Waals surface area contributed by atoms with Crippen LogP contribution in [0, 0.1) is 0 Å². The predicted octanol–water partition coefficient (Wildman–Crippen LogP) is 3.68. The van der Waals surface area contributed by atoms with Crippen LogP contribution in [0.2, 0.25) is 5.02 Å². The highest BCUT2D eigenvalue weighted by Gasteiger charge is 2.16. The smallest absolute Gasteiger partial charge is 0.210 e. The second-order valence-electron chi connectivity index (χ2n) is 5.93.